The average Bonchev–Trinajstić information content (AvgIpc) is 3.26. The van der Waals surface area contributed by atoms with E-state index in [1.807, 2.05) is 38.1 Å². The molecule has 2 aromatic carbocycles. The van der Waals surface area contributed by atoms with Crippen LogP contribution in [0.5, 0.6) is 5.75 Å². The van der Waals surface area contributed by atoms with Crippen molar-refractivity contribution in [1.82, 2.24) is 9.62 Å². The fourth-order valence-corrected chi connectivity index (χ4v) is 7.49. The van der Waals surface area contributed by atoms with Crippen molar-refractivity contribution in [3.8, 4) is 5.75 Å². The Balaban J connectivity index is 0.00000358. The molecule has 2 aromatic rings. The molecule has 290 valence electrons. The lowest BCUT2D eigenvalue weighted by Gasteiger charge is -2.43. The molecule has 52 heavy (non-hydrogen) atoms. The smallest absolute Gasteiger partial charge is 0.402 e. The Morgan fingerprint density at radius 1 is 1.21 bits per heavy atom. The highest BCUT2D eigenvalue weighted by Crippen LogP contribution is 2.43. The summed E-state index contributed by atoms with van der Waals surface area (Å²) in [6.45, 7) is 9.80. The maximum absolute atomic E-state index is 12.7. The van der Waals surface area contributed by atoms with E-state index < -0.39 is 34.9 Å². The van der Waals surface area contributed by atoms with Gasteiger partial charge in [0, 0.05) is 51.7 Å². The van der Waals surface area contributed by atoms with E-state index in [0.717, 1.165) is 36.8 Å². The van der Waals surface area contributed by atoms with Gasteiger partial charge in [0.1, 0.15) is 22.5 Å². The lowest BCUT2D eigenvalue weighted by atomic mass is 9.70. The number of carbonyl (C=O) groups is 2. The molecular formula is C38H53ClF3N3O6S. The molecule has 1 aliphatic carbocycles. The number of nitrogens with zero attached hydrogens (tertiary/aromatic N) is 2. The minimum atomic E-state index is -4.74. The zero-order chi connectivity index (χ0) is 38.6. The summed E-state index contributed by atoms with van der Waals surface area (Å²) in [5.74, 6) is -1.95. The maximum atomic E-state index is 12.7. The predicted molar refractivity (Wildman–Crippen MR) is 200 cm³/mol. The van der Waals surface area contributed by atoms with Crippen molar-refractivity contribution in [2.75, 3.05) is 51.1 Å². The highest BCUT2D eigenvalue weighted by Gasteiger charge is 2.39. The van der Waals surface area contributed by atoms with Crippen LogP contribution in [-0.2, 0) is 31.7 Å². The minimum Gasteiger partial charge on any atom is -0.491 e. The third kappa shape index (κ3) is 12.2. The Bertz CT molecular complexity index is 1540. The van der Waals surface area contributed by atoms with Crippen molar-refractivity contribution >= 4 is 40.1 Å². The molecule has 4 rings (SSSR count). The van der Waals surface area contributed by atoms with Gasteiger partial charge in [-0.2, -0.15) is 13.2 Å². The van der Waals surface area contributed by atoms with Gasteiger partial charge in [0.05, 0.1) is 18.4 Å². The van der Waals surface area contributed by atoms with Crippen LogP contribution in [0.1, 0.15) is 82.1 Å². The van der Waals surface area contributed by atoms with Crippen molar-refractivity contribution < 1.29 is 41.5 Å². The van der Waals surface area contributed by atoms with Crippen molar-refractivity contribution in [3.63, 3.8) is 0 Å². The summed E-state index contributed by atoms with van der Waals surface area (Å²) in [5, 5.41) is 11.5. The Labute approximate surface area is 313 Å². The molecule has 1 saturated carbocycles. The molecule has 0 spiro atoms. The first-order chi connectivity index (χ1) is 24.7. The van der Waals surface area contributed by atoms with Crippen molar-refractivity contribution in [2.45, 2.75) is 84.1 Å². The van der Waals surface area contributed by atoms with Crippen molar-refractivity contribution in [3.05, 3.63) is 70.3 Å². The minimum absolute atomic E-state index is 0.00825. The number of aliphatic hydroxyl groups excluding tert-OH is 1. The number of halogens is 4. The normalized spacial score (nSPS) is 20.3. The number of benzene rings is 2. The molecule has 2 N–H and O–H groups in total. The first-order valence-electron chi connectivity index (χ1n) is 17.9. The molecule has 0 bridgehead atoms. The lowest BCUT2D eigenvalue weighted by molar-refractivity contribution is -0.128. The number of aliphatic hydroxyl groups is 1. The van der Waals surface area contributed by atoms with E-state index in [0.29, 0.717) is 49.1 Å². The lowest BCUT2D eigenvalue weighted by Crippen LogP contribution is -2.44. The largest absolute Gasteiger partial charge is 0.491 e. The first kappa shape index (κ1) is 43.3. The molecule has 0 radical (unpaired) electrons. The number of amides is 2. The Hall–Kier alpha value is -3.13. The molecule has 0 aromatic heterocycles. The number of ether oxygens (including phenoxy) is 2. The number of hydrogen-bond donors (Lipinski definition) is 2. The molecule has 14 heteroatoms. The summed E-state index contributed by atoms with van der Waals surface area (Å²) in [7, 11) is 0.714. The molecule has 6 atom stereocenters. The Morgan fingerprint density at radius 3 is 2.56 bits per heavy atom. The summed E-state index contributed by atoms with van der Waals surface area (Å²) in [6.07, 6.45) is 1.79. The molecule has 1 heterocycles. The van der Waals surface area contributed by atoms with Crippen LogP contribution >= 0.6 is 11.6 Å². The number of rotatable bonds is 15. The molecule has 2 amide bonds. The third-order valence-corrected chi connectivity index (χ3v) is 10.7. The van der Waals surface area contributed by atoms with Crippen molar-refractivity contribution in [2.24, 2.45) is 11.8 Å². The van der Waals surface area contributed by atoms with Gasteiger partial charge in [0.15, 0.2) is 6.10 Å². The molecular weight excluding hydrogens is 719 g/mol. The predicted octanol–water partition coefficient (Wildman–Crippen LogP) is 7.14. The van der Waals surface area contributed by atoms with E-state index >= 15 is 0 Å². The molecule has 2 aliphatic rings. The summed E-state index contributed by atoms with van der Waals surface area (Å²) < 4.78 is 64.0. The molecule has 9 nitrogen and oxygen atoms in total. The van der Waals surface area contributed by atoms with Crippen LogP contribution in [0.2, 0.25) is 5.02 Å². The van der Waals surface area contributed by atoms with E-state index in [1.165, 1.54) is 13.0 Å². The van der Waals surface area contributed by atoms with Gasteiger partial charge in [-0.05, 0) is 78.5 Å². The Morgan fingerprint density at radius 2 is 1.94 bits per heavy atom. The highest BCUT2D eigenvalue weighted by atomic mass is 35.5. The zero-order valence-electron chi connectivity index (χ0n) is 30.9. The van der Waals surface area contributed by atoms with Gasteiger partial charge in [0.25, 0.3) is 5.91 Å². The first-order valence-corrected chi connectivity index (χ1v) is 19.5. The molecule has 0 saturated heterocycles. The second-order valence-electron chi connectivity index (χ2n) is 13.1. The van der Waals surface area contributed by atoms with Gasteiger partial charge < -0.3 is 24.4 Å². The van der Waals surface area contributed by atoms with Crippen LogP contribution in [0, 0.1) is 11.8 Å². The van der Waals surface area contributed by atoms with Gasteiger partial charge in [-0.3, -0.25) is 14.3 Å². The Kier molecular flexibility index (Phi) is 16.9. The van der Waals surface area contributed by atoms with Gasteiger partial charge in [-0.25, -0.2) is 4.21 Å². The third-order valence-electron chi connectivity index (χ3n) is 9.46. The number of methoxy groups -OCH3 is 1. The van der Waals surface area contributed by atoms with E-state index in [4.69, 9.17) is 21.1 Å². The number of hydrogen-bond acceptors (Lipinski definition) is 7. The number of alkyl halides is 3. The second-order valence-corrected chi connectivity index (χ2v) is 14.7. The summed E-state index contributed by atoms with van der Waals surface area (Å²) in [6, 6.07) is 10.7. The second kappa shape index (κ2) is 20.4. The van der Waals surface area contributed by atoms with Crippen LogP contribution in [-0.4, -0.2) is 84.5 Å². The number of carbonyl (C=O) groups excluding carboxylic acids is 2. The highest BCUT2D eigenvalue weighted by molar-refractivity contribution is 7.83. The number of nitrogens with one attached hydrogen (secondary N) is 1. The van der Waals surface area contributed by atoms with Gasteiger partial charge >= 0.3 is 6.18 Å². The van der Waals surface area contributed by atoms with Gasteiger partial charge in [0.2, 0.25) is 5.91 Å². The number of fused-ring (bicyclic) bond motifs is 1. The van der Waals surface area contributed by atoms with Crippen LogP contribution in [0.25, 0.3) is 0 Å². The van der Waals surface area contributed by atoms with Gasteiger partial charge in [-0.1, -0.05) is 63.1 Å². The van der Waals surface area contributed by atoms with Crippen LogP contribution in [0.15, 0.2) is 48.6 Å². The van der Waals surface area contributed by atoms with Crippen LogP contribution < -0.4 is 14.4 Å². The maximum Gasteiger partial charge on any atom is 0.402 e. The standard InChI is InChI=1S/C36H47ClF3N3O6S.C2H6/c1-5-8-24-17-28(37)12-14-29(24)27-20-43(19-26-10-13-30(26)32(48-4)9-6-7-16-42(3)23(2)44)31-18-25(11-15-33(31)49-21-27)34(45)35(46)41-50(47)22-36(38,39)40;1-2/h6,9,11-12,14-15,17-18,26-27,30,32,34,45H,5,7-8,10,13,16,19-22H2,1-4H3,(H,41,46);1-2H3/b9-6+;. The monoisotopic (exact) mass is 771 g/mol. The quantitative estimate of drug-likeness (QED) is 0.186. The SMILES string of the molecule is CC.CCCc1cc(Cl)ccc1C1COc2ccc(C(O)C(=O)NS(=O)CC(F)(F)F)cc2N(CC2CCC2C(/C=C/CCN(C)C(C)=O)OC)C1. The fraction of sp³-hybridized carbons (Fsp3) is 0.579. The van der Waals surface area contributed by atoms with Crippen LogP contribution in [0.3, 0.4) is 0 Å². The number of anilines is 1. The van der Waals surface area contributed by atoms with E-state index in [1.54, 1.807) is 35.9 Å². The van der Waals surface area contributed by atoms with E-state index in [2.05, 4.69) is 17.9 Å². The topological polar surface area (TPSA) is 108 Å². The number of aryl methyl sites for hydroxylation is 1. The summed E-state index contributed by atoms with van der Waals surface area (Å²) >= 11 is 6.38. The zero-order valence-corrected chi connectivity index (χ0v) is 32.5. The molecule has 6 unspecified atom stereocenters. The molecule has 1 aliphatic heterocycles. The summed E-state index contributed by atoms with van der Waals surface area (Å²) in [4.78, 5) is 28.1. The molecule has 1 fully saturated rings. The average molecular weight is 772 g/mol. The van der Waals surface area contributed by atoms with Crippen LogP contribution in [0.4, 0.5) is 18.9 Å². The van der Waals surface area contributed by atoms with E-state index in [9.17, 15) is 32.1 Å². The van der Waals surface area contributed by atoms with E-state index in [-0.39, 0.29) is 35.3 Å². The fourth-order valence-electron chi connectivity index (χ4n) is 6.59. The summed E-state index contributed by atoms with van der Waals surface area (Å²) in [5.41, 5.74) is 3.04. The van der Waals surface area contributed by atoms with Crippen molar-refractivity contribution in [1.29, 1.82) is 0 Å². The van der Waals surface area contributed by atoms with Gasteiger partial charge in [-0.15, -0.1) is 0 Å².